The van der Waals surface area contributed by atoms with Crippen LogP contribution in [0.15, 0.2) is 60.6 Å². The van der Waals surface area contributed by atoms with Crippen molar-refractivity contribution in [3.05, 3.63) is 77.3 Å². The average molecular weight is 239 g/mol. The number of hydrogen-bond acceptors (Lipinski definition) is 0. The summed E-state index contributed by atoms with van der Waals surface area (Å²) in [5.74, 6) is 2.17. The van der Waals surface area contributed by atoms with Gasteiger partial charge in [-0.1, -0.05) is 60.6 Å². The van der Waals surface area contributed by atoms with Crippen LogP contribution in [0.3, 0.4) is 0 Å². The van der Waals surface area contributed by atoms with E-state index in [0.29, 0.717) is 0 Å². The Morgan fingerprint density at radius 3 is 2.41 bits per heavy atom. The van der Waals surface area contributed by atoms with Crippen molar-refractivity contribution in [2.75, 3.05) is 0 Å². The molecular formula is C15H12BCl. The lowest BCUT2D eigenvalue weighted by molar-refractivity contribution is 1.33. The van der Waals surface area contributed by atoms with E-state index in [2.05, 4.69) is 54.5 Å². The Morgan fingerprint density at radius 1 is 0.882 bits per heavy atom. The summed E-state index contributed by atoms with van der Waals surface area (Å²) >= 11 is 6.31. The van der Waals surface area contributed by atoms with Crippen molar-refractivity contribution in [1.82, 2.24) is 0 Å². The maximum absolute atomic E-state index is 6.31. The van der Waals surface area contributed by atoms with Crippen LogP contribution in [0.1, 0.15) is 16.7 Å². The third kappa shape index (κ3) is 2.03. The summed E-state index contributed by atoms with van der Waals surface area (Å²) in [6.07, 6.45) is 1.02. The highest BCUT2D eigenvalue weighted by molar-refractivity contribution is 7.10. The zero-order valence-corrected chi connectivity index (χ0v) is 10.2. The van der Waals surface area contributed by atoms with E-state index in [1.165, 1.54) is 22.3 Å². The van der Waals surface area contributed by atoms with Crippen molar-refractivity contribution in [3.63, 3.8) is 0 Å². The van der Waals surface area contributed by atoms with Gasteiger partial charge in [0, 0.05) is 0 Å². The zero-order valence-electron chi connectivity index (χ0n) is 9.44. The third-order valence-electron chi connectivity index (χ3n) is 3.15. The quantitative estimate of drug-likeness (QED) is 0.659. The fraction of sp³-hybridized carbons (Fsp3) is 0.0667. The molecule has 2 aromatic rings. The Labute approximate surface area is 107 Å². The first-order valence-corrected chi connectivity index (χ1v) is 6.28. The topological polar surface area (TPSA) is 0 Å². The van der Waals surface area contributed by atoms with E-state index < -0.39 is 0 Å². The van der Waals surface area contributed by atoms with Crippen LogP contribution in [-0.4, -0.2) is 6.13 Å². The monoisotopic (exact) mass is 238 g/mol. The average Bonchev–Trinajstić information content (AvgIpc) is 2.39. The molecule has 0 nitrogen and oxygen atoms in total. The summed E-state index contributed by atoms with van der Waals surface area (Å²) in [5.41, 5.74) is 5.15. The normalized spacial score (nSPS) is 14.2. The first-order valence-electron chi connectivity index (χ1n) is 5.84. The molecule has 1 aliphatic rings. The first-order chi connectivity index (χ1) is 8.34. The molecule has 0 aliphatic carbocycles. The molecule has 0 N–H and O–H groups in total. The van der Waals surface area contributed by atoms with Gasteiger partial charge in [0.15, 0.2) is 0 Å². The van der Waals surface area contributed by atoms with Gasteiger partial charge in [-0.3, -0.25) is 0 Å². The number of rotatable bonds is 1. The van der Waals surface area contributed by atoms with E-state index in [-0.39, 0.29) is 6.13 Å². The van der Waals surface area contributed by atoms with Crippen molar-refractivity contribution in [1.29, 1.82) is 0 Å². The van der Waals surface area contributed by atoms with Gasteiger partial charge in [0.05, 0.1) is 0 Å². The molecule has 0 saturated carbocycles. The molecule has 1 heterocycles. The minimum absolute atomic E-state index is 0.0973. The molecule has 3 rings (SSSR count). The fourth-order valence-electron chi connectivity index (χ4n) is 2.37. The van der Waals surface area contributed by atoms with Crippen LogP contribution in [-0.2, 0) is 6.32 Å². The summed E-state index contributed by atoms with van der Waals surface area (Å²) in [7, 11) is 0. The Kier molecular flexibility index (Phi) is 2.78. The van der Waals surface area contributed by atoms with Gasteiger partial charge < -0.3 is 0 Å². The first kappa shape index (κ1) is 10.7. The standard InChI is InChI=1S/C15H12BCl/c17-16-10-13-8-4-5-9-14(13)15(11-16)12-6-2-1-3-7-12/h1-9,11H,10H2. The molecule has 1 aliphatic heterocycles. The Balaban J connectivity index is 2.16. The van der Waals surface area contributed by atoms with Crippen LogP contribution in [0, 0.1) is 0 Å². The Hall–Kier alpha value is -1.47. The highest BCUT2D eigenvalue weighted by Gasteiger charge is 2.20. The number of halogens is 1. The summed E-state index contributed by atoms with van der Waals surface area (Å²) in [4.78, 5) is 0. The second-order valence-corrected chi connectivity index (χ2v) is 4.88. The largest absolute Gasteiger partial charge is 0.280 e. The van der Waals surface area contributed by atoms with E-state index in [4.69, 9.17) is 11.5 Å². The summed E-state index contributed by atoms with van der Waals surface area (Å²) < 4.78 is 0. The molecule has 2 aromatic carbocycles. The van der Waals surface area contributed by atoms with Crippen molar-refractivity contribution in [3.8, 4) is 0 Å². The maximum atomic E-state index is 6.31. The second-order valence-electron chi connectivity index (χ2n) is 4.32. The van der Waals surface area contributed by atoms with E-state index in [1.807, 2.05) is 6.07 Å². The van der Waals surface area contributed by atoms with Gasteiger partial charge in [0.25, 0.3) is 6.13 Å². The van der Waals surface area contributed by atoms with E-state index in [1.54, 1.807) is 0 Å². The zero-order chi connectivity index (χ0) is 11.7. The van der Waals surface area contributed by atoms with E-state index in [9.17, 15) is 0 Å². The van der Waals surface area contributed by atoms with Gasteiger partial charge in [-0.2, -0.15) is 11.5 Å². The Bertz CT molecular complexity index is 560. The van der Waals surface area contributed by atoms with Gasteiger partial charge in [-0.05, 0) is 28.6 Å². The van der Waals surface area contributed by atoms with Crippen LogP contribution in [0.4, 0.5) is 0 Å². The number of hydrogen-bond donors (Lipinski definition) is 0. The van der Waals surface area contributed by atoms with Crippen LogP contribution < -0.4 is 0 Å². The van der Waals surface area contributed by atoms with E-state index in [0.717, 1.165) is 6.32 Å². The predicted octanol–water partition coefficient (Wildman–Crippen LogP) is 3.98. The van der Waals surface area contributed by atoms with Crippen LogP contribution >= 0.6 is 11.5 Å². The van der Waals surface area contributed by atoms with Crippen LogP contribution in [0.2, 0.25) is 0 Å². The maximum Gasteiger partial charge on any atom is 0.280 e. The molecule has 82 valence electrons. The molecule has 0 unspecified atom stereocenters. The molecular weight excluding hydrogens is 226 g/mol. The lowest BCUT2D eigenvalue weighted by Crippen LogP contribution is -2.14. The molecule has 0 spiro atoms. The van der Waals surface area contributed by atoms with Gasteiger partial charge in [0.1, 0.15) is 0 Å². The van der Waals surface area contributed by atoms with Crippen LogP contribution in [0.25, 0.3) is 5.57 Å². The summed E-state index contributed by atoms with van der Waals surface area (Å²) in [5, 5.41) is 0. The lowest BCUT2D eigenvalue weighted by atomic mass is 9.62. The molecule has 0 amide bonds. The predicted molar refractivity (Wildman–Crippen MR) is 75.3 cm³/mol. The Morgan fingerprint density at radius 2 is 1.59 bits per heavy atom. The van der Waals surface area contributed by atoms with Gasteiger partial charge in [0.2, 0.25) is 0 Å². The highest BCUT2D eigenvalue weighted by Crippen LogP contribution is 2.31. The SMILES string of the molecule is ClB1C=C(c2ccccc2)c2ccccc2C1. The molecule has 0 bridgehead atoms. The van der Waals surface area contributed by atoms with Crippen molar-refractivity contribution in [2.24, 2.45) is 0 Å². The summed E-state index contributed by atoms with van der Waals surface area (Å²) in [6, 6.07) is 19.0. The molecule has 2 heteroatoms. The van der Waals surface area contributed by atoms with Crippen molar-refractivity contribution >= 4 is 23.2 Å². The van der Waals surface area contributed by atoms with Gasteiger partial charge in [-0.15, -0.1) is 0 Å². The molecule has 0 fully saturated rings. The minimum atomic E-state index is 0.0973. The summed E-state index contributed by atoms with van der Waals surface area (Å²) in [6.45, 7) is 0. The second kappa shape index (κ2) is 4.42. The van der Waals surface area contributed by atoms with Crippen molar-refractivity contribution in [2.45, 2.75) is 6.32 Å². The van der Waals surface area contributed by atoms with E-state index >= 15 is 0 Å². The highest BCUT2D eigenvalue weighted by atomic mass is 35.5. The molecule has 0 saturated heterocycles. The van der Waals surface area contributed by atoms with Crippen LogP contribution in [0.5, 0.6) is 0 Å². The number of benzene rings is 2. The molecule has 17 heavy (non-hydrogen) atoms. The minimum Gasteiger partial charge on any atom is -0.189 e. The molecule has 0 radical (unpaired) electrons. The van der Waals surface area contributed by atoms with Gasteiger partial charge in [-0.25, -0.2) is 0 Å². The third-order valence-corrected chi connectivity index (χ3v) is 3.44. The number of fused-ring (bicyclic) bond motifs is 1. The van der Waals surface area contributed by atoms with Gasteiger partial charge >= 0.3 is 0 Å². The molecule has 0 atom stereocenters. The van der Waals surface area contributed by atoms with Crippen molar-refractivity contribution < 1.29 is 0 Å². The lowest BCUT2D eigenvalue weighted by Gasteiger charge is -2.19. The molecule has 0 aromatic heterocycles. The fourth-order valence-corrected chi connectivity index (χ4v) is 2.66. The smallest absolute Gasteiger partial charge is 0.189 e.